The fourth-order valence-corrected chi connectivity index (χ4v) is 3.60. The van der Waals surface area contributed by atoms with Gasteiger partial charge in [-0.25, -0.2) is 0 Å². The molecule has 2 saturated heterocycles. The summed E-state index contributed by atoms with van der Waals surface area (Å²) in [4.78, 5) is 6.83. The van der Waals surface area contributed by atoms with Gasteiger partial charge in [-0.05, 0) is 44.4 Å². The Labute approximate surface area is 168 Å². The highest BCUT2D eigenvalue weighted by molar-refractivity contribution is 14.0. The number of benzene rings is 1. The number of aliphatic imine (C=N–C) groups is 1. The smallest absolute Gasteiger partial charge is 0.193 e. The van der Waals surface area contributed by atoms with Gasteiger partial charge < -0.3 is 19.7 Å². The maximum absolute atomic E-state index is 5.77. The number of halogens is 1. The molecule has 1 aromatic rings. The normalized spacial score (nSPS) is 23.2. The van der Waals surface area contributed by atoms with Crippen molar-refractivity contribution in [3.8, 4) is 5.75 Å². The summed E-state index contributed by atoms with van der Waals surface area (Å²) in [5, 5.41) is 3.49. The number of hydrogen-bond acceptors (Lipinski definition) is 3. The van der Waals surface area contributed by atoms with E-state index in [0.29, 0.717) is 5.41 Å². The van der Waals surface area contributed by atoms with Crippen LogP contribution in [0.4, 0.5) is 0 Å². The van der Waals surface area contributed by atoms with E-state index in [1.54, 1.807) is 0 Å². The van der Waals surface area contributed by atoms with E-state index in [4.69, 9.17) is 9.47 Å². The third kappa shape index (κ3) is 5.23. The molecule has 2 fully saturated rings. The molecule has 0 bridgehead atoms. The van der Waals surface area contributed by atoms with Gasteiger partial charge in [0.05, 0.1) is 12.7 Å². The van der Waals surface area contributed by atoms with Crippen LogP contribution in [0, 0.1) is 5.41 Å². The summed E-state index contributed by atoms with van der Waals surface area (Å²) in [6.45, 7) is 8.74. The third-order valence-corrected chi connectivity index (χ3v) is 4.86. The minimum absolute atomic E-state index is 0. The van der Waals surface area contributed by atoms with Crippen LogP contribution in [-0.4, -0.2) is 50.3 Å². The molecule has 2 heterocycles. The zero-order valence-electron chi connectivity index (χ0n) is 15.5. The van der Waals surface area contributed by atoms with Crippen LogP contribution in [0.1, 0.15) is 32.3 Å². The Morgan fingerprint density at radius 3 is 2.92 bits per heavy atom. The van der Waals surface area contributed by atoms with Gasteiger partial charge in [-0.2, -0.15) is 0 Å². The first-order valence-corrected chi connectivity index (χ1v) is 8.89. The Morgan fingerprint density at radius 2 is 2.24 bits per heavy atom. The summed E-state index contributed by atoms with van der Waals surface area (Å²) in [6, 6.07) is 8.25. The Kier molecular flexibility index (Phi) is 7.37. The van der Waals surface area contributed by atoms with Crippen molar-refractivity contribution >= 4 is 29.9 Å². The Hall–Kier alpha value is -1.02. The average Bonchev–Trinajstić information content (AvgIpc) is 3.18. The van der Waals surface area contributed by atoms with E-state index in [1.165, 1.54) is 18.4 Å². The molecule has 0 aromatic heterocycles. The van der Waals surface area contributed by atoms with Crippen LogP contribution in [0.5, 0.6) is 5.75 Å². The van der Waals surface area contributed by atoms with Crippen molar-refractivity contribution in [2.75, 3.05) is 33.4 Å². The third-order valence-electron chi connectivity index (χ3n) is 4.86. The second-order valence-electron chi connectivity index (χ2n) is 7.19. The molecule has 2 aliphatic rings. The van der Waals surface area contributed by atoms with Crippen molar-refractivity contribution < 1.29 is 9.47 Å². The molecule has 0 saturated carbocycles. The summed E-state index contributed by atoms with van der Waals surface area (Å²) >= 11 is 0. The fourth-order valence-electron chi connectivity index (χ4n) is 3.60. The summed E-state index contributed by atoms with van der Waals surface area (Å²) in [5.41, 5.74) is 1.55. The van der Waals surface area contributed by atoms with Crippen molar-refractivity contribution in [2.45, 2.75) is 39.3 Å². The van der Waals surface area contributed by atoms with Gasteiger partial charge in [0.2, 0.25) is 0 Å². The lowest BCUT2D eigenvalue weighted by molar-refractivity contribution is 0.156. The lowest BCUT2D eigenvalue weighted by atomic mass is 9.87. The van der Waals surface area contributed by atoms with Crippen molar-refractivity contribution in [2.24, 2.45) is 10.4 Å². The van der Waals surface area contributed by atoms with Crippen LogP contribution < -0.4 is 10.1 Å². The standard InChI is InChI=1S/C19H29N3O2.HI/c1-15(2)24-17-6-4-5-16(11-17)12-21-18(20-3)22-9-7-19(13-22)8-10-23-14-19;/h4-6,11,15H,7-10,12-14H2,1-3H3,(H,20,21);1H. The van der Waals surface area contributed by atoms with Gasteiger partial charge in [0.15, 0.2) is 5.96 Å². The Bertz CT molecular complexity index is 586. The highest BCUT2D eigenvalue weighted by Gasteiger charge is 2.42. The molecule has 1 atom stereocenters. The number of hydrogen-bond donors (Lipinski definition) is 1. The lowest BCUT2D eigenvalue weighted by Crippen LogP contribution is -2.41. The monoisotopic (exact) mass is 459 g/mol. The molecule has 1 unspecified atom stereocenters. The van der Waals surface area contributed by atoms with E-state index < -0.39 is 0 Å². The summed E-state index contributed by atoms with van der Waals surface area (Å²) in [6.07, 6.45) is 2.57. The first-order chi connectivity index (χ1) is 11.6. The molecule has 1 N–H and O–H groups in total. The quantitative estimate of drug-likeness (QED) is 0.427. The molecule has 3 rings (SSSR count). The van der Waals surface area contributed by atoms with Gasteiger partial charge in [-0.3, -0.25) is 4.99 Å². The van der Waals surface area contributed by atoms with Crippen LogP contribution in [0.2, 0.25) is 0 Å². The highest BCUT2D eigenvalue weighted by atomic mass is 127. The molecule has 140 valence electrons. The molecule has 6 heteroatoms. The average molecular weight is 459 g/mol. The highest BCUT2D eigenvalue weighted by Crippen LogP contribution is 2.38. The minimum Gasteiger partial charge on any atom is -0.491 e. The van der Waals surface area contributed by atoms with Crippen molar-refractivity contribution in [3.63, 3.8) is 0 Å². The van der Waals surface area contributed by atoms with Crippen LogP contribution in [-0.2, 0) is 11.3 Å². The van der Waals surface area contributed by atoms with E-state index in [9.17, 15) is 0 Å². The van der Waals surface area contributed by atoms with E-state index in [0.717, 1.165) is 44.6 Å². The minimum atomic E-state index is 0. The van der Waals surface area contributed by atoms with Gasteiger partial charge in [0.25, 0.3) is 0 Å². The second-order valence-corrected chi connectivity index (χ2v) is 7.19. The molecule has 0 amide bonds. The van der Waals surface area contributed by atoms with Crippen molar-refractivity contribution in [1.29, 1.82) is 0 Å². The van der Waals surface area contributed by atoms with Crippen LogP contribution >= 0.6 is 24.0 Å². The van der Waals surface area contributed by atoms with Gasteiger partial charge in [-0.15, -0.1) is 24.0 Å². The SMILES string of the molecule is CN=C(NCc1cccc(OC(C)C)c1)N1CCC2(CCOC2)C1.I. The van der Waals surface area contributed by atoms with E-state index in [-0.39, 0.29) is 30.1 Å². The predicted molar refractivity (Wildman–Crippen MR) is 112 cm³/mol. The number of ether oxygens (including phenoxy) is 2. The Morgan fingerprint density at radius 1 is 1.40 bits per heavy atom. The van der Waals surface area contributed by atoms with Crippen molar-refractivity contribution in [3.05, 3.63) is 29.8 Å². The van der Waals surface area contributed by atoms with E-state index >= 15 is 0 Å². The number of likely N-dealkylation sites (tertiary alicyclic amines) is 1. The Balaban J connectivity index is 0.00000225. The summed E-state index contributed by atoms with van der Waals surface area (Å²) in [7, 11) is 1.86. The lowest BCUT2D eigenvalue weighted by Gasteiger charge is -2.25. The summed E-state index contributed by atoms with van der Waals surface area (Å²) in [5.74, 6) is 1.90. The molecule has 2 aliphatic heterocycles. The molecular formula is C19H30IN3O2. The first-order valence-electron chi connectivity index (χ1n) is 8.89. The van der Waals surface area contributed by atoms with Gasteiger partial charge in [-0.1, -0.05) is 12.1 Å². The van der Waals surface area contributed by atoms with E-state index in [2.05, 4.69) is 27.3 Å². The van der Waals surface area contributed by atoms with Crippen LogP contribution in [0.25, 0.3) is 0 Å². The zero-order chi connectivity index (χ0) is 17.0. The fraction of sp³-hybridized carbons (Fsp3) is 0.632. The zero-order valence-corrected chi connectivity index (χ0v) is 17.8. The molecule has 0 radical (unpaired) electrons. The van der Waals surface area contributed by atoms with Crippen LogP contribution in [0.3, 0.4) is 0 Å². The summed E-state index contributed by atoms with van der Waals surface area (Å²) < 4.78 is 11.4. The number of nitrogens with zero attached hydrogens (tertiary/aromatic N) is 2. The van der Waals surface area contributed by atoms with Gasteiger partial charge >= 0.3 is 0 Å². The van der Waals surface area contributed by atoms with E-state index in [1.807, 2.05) is 33.0 Å². The van der Waals surface area contributed by atoms with Crippen LogP contribution in [0.15, 0.2) is 29.3 Å². The molecule has 0 aliphatic carbocycles. The number of guanidine groups is 1. The van der Waals surface area contributed by atoms with Gasteiger partial charge in [0.1, 0.15) is 5.75 Å². The first kappa shape index (κ1) is 20.3. The maximum Gasteiger partial charge on any atom is 0.193 e. The van der Waals surface area contributed by atoms with Crippen molar-refractivity contribution in [1.82, 2.24) is 10.2 Å². The van der Waals surface area contributed by atoms with Gasteiger partial charge in [0, 0.05) is 38.7 Å². The maximum atomic E-state index is 5.77. The predicted octanol–water partition coefficient (Wildman–Crippen LogP) is 3.28. The molecule has 1 aromatic carbocycles. The molecule has 5 nitrogen and oxygen atoms in total. The topological polar surface area (TPSA) is 46.1 Å². The number of nitrogens with one attached hydrogen (secondary N) is 1. The molecule has 1 spiro atoms. The molecular weight excluding hydrogens is 429 g/mol. The molecule has 25 heavy (non-hydrogen) atoms. The largest absolute Gasteiger partial charge is 0.491 e. The number of rotatable bonds is 4. The second kappa shape index (κ2) is 9.07.